The van der Waals surface area contributed by atoms with E-state index < -0.39 is 8.25 Å². The topological polar surface area (TPSA) is 93.5 Å². The molecular weight excluding hydrogens is 413 g/mol. The minimum Gasteiger partial charge on any atom is -0.326 e. The second-order valence-corrected chi connectivity index (χ2v) is 7.41. The van der Waals surface area contributed by atoms with Gasteiger partial charge >= 0.3 is 8.25 Å². The molecule has 0 saturated heterocycles. The van der Waals surface area contributed by atoms with Crippen LogP contribution in [-0.2, 0) is 27.5 Å². The lowest BCUT2D eigenvalue weighted by Crippen LogP contribution is -2.07. The summed E-state index contributed by atoms with van der Waals surface area (Å²) in [5.74, 6) is -0.291. The second-order valence-electron chi connectivity index (χ2n) is 6.15. The molecule has 2 aromatic carbocycles. The van der Waals surface area contributed by atoms with Gasteiger partial charge in [-0.2, -0.15) is 5.10 Å². The van der Waals surface area contributed by atoms with Gasteiger partial charge in [0.15, 0.2) is 0 Å². The first-order valence-corrected chi connectivity index (χ1v) is 10.3. The van der Waals surface area contributed by atoms with E-state index in [4.69, 9.17) is 16.5 Å². The fourth-order valence-electron chi connectivity index (χ4n) is 2.72. The zero-order valence-corrected chi connectivity index (χ0v) is 17.3. The van der Waals surface area contributed by atoms with E-state index in [0.717, 1.165) is 22.4 Å². The Bertz CT molecular complexity index is 1050. The zero-order valence-electron chi connectivity index (χ0n) is 15.5. The minimum absolute atomic E-state index is 0.0386. The molecule has 7 nitrogen and oxygen atoms in total. The summed E-state index contributed by atoms with van der Waals surface area (Å²) >= 11 is 5.95. The van der Waals surface area contributed by atoms with Crippen molar-refractivity contribution >= 4 is 37.5 Å². The van der Waals surface area contributed by atoms with Crippen LogP contribution >= 0.6 is 19.9 Å². The number of benzene rings is 2. The molecule has 1 heterocycles. The summed E-state index contributed by atoms with van der Waals surface area (Å²) in [6.45, 7) is 0.0386. The zero-order chi connectivity index (χ0) is 20.8. The van der Waals surface area contributed by atoms with Gasteiger partial charge in [0.1, 0.15) is 0 Å². The molecule has 3 aromatic rings. The molecule has 1 aromatic heterocycles. The maximum atomic E-state index is 12.2. The van der Waals surface area contributed by atoms with Gasteiger partial charge in [-0.15, -0.1) is 0 Å². The molecule has 2 N–H and O–H groups in total. The van der Waals surface area contributed by atoms with Gasteiger partial charge in [-0.05, 0) is 35.9 Å². The molecule has 0 aliphatic heterocycles. The van der Waals surface area contributed by atoms with Crippen molar-refractivity contribution in [2.45, 2.75) is 6.61 Å². The molecule has 3 rings (SSSR count). The Morgan fingerprint density at radius 3 is 2.59 bits per heavy atom. The van der Waals surface area contributed by atoms with Crippen LogP contribution in [0, 0.1) is 0 Å². The quantitative estimate of drug-likeness (QED) is 0.430. The number of nitrogens with zero attached hydrogens (tertiary/aromatic N) is 2. The Morgan fingerprint density at radius 2 is 1.93 bits per heavy atom. The fourth-order valence-corrected chi connectivity index (χ4v) is 3.13. The Morgan fingerprint density at radius 1 is 1.24 bits per heavy atom. The van der Waals surface area contributed by atoms with Gasteiger partial charge in [0.05, 0.1) is 18.5 Å². The van der Waals surface area contributed by atoms with Gasteiger partial charge in [-0.1, -0.05) is 35.9 Å². The smallest absolute Gasteiger partial charge is 0.316 e. The maximum Gasteiger partial charge on any atom is 0.316 e. The highest BCUT2D eigenvalue weighted by Crippen LogP contribution is 2.25. The maximum absolute atomic E-state index is 12.2. The predicted molar refractivity (Wildman–Crippen MR) is 114 cm³/mol. The lowest BCUT2D eigenvalue weighted by atomic mass is 10.1. The SMILES string of the molecule is Cn1ncc(C=CC(=O)Nc2ccc(CO[PH](=O)O)cc2)c1-c1ccc(Cl)cc1. The molecule has 1 atom stereocenters. The molecule has 0 radical (unpaired) electrons. The number of amides is 1. The van der Waals surface area contributed by atoms with E-state index >= 15 is 0 Å². The summed E-state index contributed by atoms with van der Waals surface area (Å²) < 4.78 is 17.0. The molecule has 29 heavy (non-hydrogen) atoms. The fraction of sp³-hybridized carbons (Fsp3) is 0.100. The first-order chi connectivity index (χ1) is 13.9. The van der Waals surface area contributed by atoms with E-state index in [1.807, 2.05) is 19.2 Å². The molecule has 9 heteroatoms. The number of rotatable bonds is 7. The Kier molecular flexibility index (Phi) is 7.01. The molecule has 1 amide bonds. The standard InChI is InChI=1S/C20H19ClN3O4P/c1-24-20(15-4-7-17(21)8-5-15)16(12-22-24)6-11-19(25)23-18-9-2-14(3-10-18)13-28-29(26)27/h2-12,29H,13H2,1H3,(H,23,25)(H,26,27). The highest BCUT2D eigenvalue weighted by atomic mass is 35.5. The normalized spacial score (nSPS) is 12.2. The number of hydrogen-bond acceptors (Lipinski definition) is 4. The molecule has 0 fully saturated rings. The van der Waals surface area contributed by atoms with Gasteiger partial charge in [0.2, 0.25) is 5.91 Å². The Balaban J connectivity index is 1.67. The summed E-state index contributed by atoms with van der Waals surface area (Å²) in [5, 5.41) is 7.68. The highest BCUT2D eigenvalue weighted by molar-refractivity contribution is 7.32. The van der Waals surface area contributed by atoms with Gasteiger partial charge in [-0.3, -0.25) is 14.0 Å². The van der Waals surface area contributed by atoms with Gasteiger partial charge in [-0.25, -0.2) is 0 Å². The van der Waals surface area contributed by atoms with Crippen LogP contribution in [0.25, 0.3) is 17.3 Å². The molecule has 0 saturated carbocycles. The molecule has 0 aliphatic carbocycles. The van der Waals surface area contributed by atoms with E-state index in [0.29, 0.717) is 10.7 Å². The summed E-state index contributed by atoms with van der Waals surface area (Å²) in [5.41, 5.74) is 3.95. The van der Waals surface area contributed by atoms with Crippen molar-refractivity contribution in [2.24, 2.45) is 7.05 Å². The van der Waals surface area contributed by atoms with Crippen LogP contribution in [-0.4, -0.2) is 20.6 Å². The average molecular weight is 432 g/mol. The van der Waals surface area contributed by atoms with Crippen molar-refractivity contribution in [3.63, 3.8) is 0 Å². The van der Waals surface area contributed by atoms with Crippen LogP contribution in [0.2, 0.25) is 5.02 Å². The Hall–Kier alpha value is -2.70. The molecular formula is C20H19ClN3O4P. The molecule has 150 valence electrons. The van der Waals surface area contributed by atoms with Crippen molar-refractivity contribution in [1.29, 1.82) is 0 Å². The third-order valence-corrected chi connectivity index (χ3v) is 4.73. The lowest BCUT2D eigenvalue weighted by Gasteiger charge is -2.05. The largest absolute Gasteiger partial charge is 0.326 e. The van der Waals surface area contributed by atoms with Gasteiger partial charge < -0.3 is 14.7 Å². The van der Waals surface area contributed by atoms with Gasteiger partial charge in [0.25, 0.3) is 0 Å². The van der Waals surface area contributed by atoms with Crippen molar-refractivity contribution in [2.75, 3.05) is 5.32 Å². The van der Waals surface area contributed by atoms with Crippen LogP contribution in [0.15, 0.2) is 60.8 Å². The summed E-state index contributed by atoms with van der Waals surface area (Å²) in [4.78, 5) is 20.9. The number of nitrogens with one attached hydrogen (secondary N) is 1. The molecule has 1 unspecified atom stereocenters. The first kappa shape index (κ1) is 21.0. The average Bonchev–Trinajstić information content (AvgIpc) is 3.07. The first-order valence-electron chi connectivity index (χ1n) is 8.64. The van der Waals surface area contributed by atoms with E-state index in [9.17, 15) is 9.36 Å². The summed E-state index contributed by atoms with van der Waals surface area (Å²) in [6.07, 6.45) is 4.83. The van der Waals surface area contributed by atoms with E-state index in [2.05, 4.69) is 14.9 Å². The van der Waals surface area contributed by atoms with Crippen molar-refractivity contribution in [1.82, 2.24) is 9.78 Å². The van der Waals surface area contributed by atoms with Gasteiger partial charge in [0, 0.05) is 35.0 Å². The minimum atomic E-state index is -2.96. The van der Waals surface area contributed by atoms with Crippen molar-refractivity contribution in [3.8, 4) is 11.3 Å². The monoisotopic (exact) mass is 431 g/mol. The van der Waals surface area contributed by atoms with Crippen LogP contribution in [0.3, 0.4) is 0 Å². The van der Waals surface area contributed by atoms with Crippen LogP contribution in [0.4, 0.5) is 5.69 Å². The van der Waals surface area contributed by atoms with Crippen LogP contribution in [0.1, 0.15) is 11.1 Å². The third-order valence-electron chi connectivity index (χ3n) is 4.08. The van der Waals surface area contributed by atoms with Crippen LogP contribution < -0.4 is 5.32 Å². The van der Waals surface area contributed by atoms with E-state index in [1.165, 1.54) is 6.08 Å². The number of anilines is 1. The van der Waals surface area contributed by atoms with E-state index in [1.54, 1.807) is 53.4 Å². The van der Waals surface area contributed by atoms with E-state index in [-0.39, 0.29) is 12.5 Å². The number of carbonyl (C=O) groups excluding carboxylic acids is 1. The van der Waals surface area contributed by atoms with Crippen molar-refractivity contribution in [3.05, 3.63) is 77.0 Å². The molecule has 0 aliphatic rings. The lowest BCUT2D eigenvalue weighted by molar-refractivity contribution is -0.111. The second kappa shape index (κ2) is 9.67. The number of carbonyl (C=O) groups is 1. The summed E-state index contributed by atoms with van der Waals surface area (Å²) in [7, 11) is -1.13. The highest BCUT2D eigenvalue weighted by Gasteiger charge is 2.09. The van der Waals surface area contributed by atoms with Crippen LogP contribution in [0.5, 0.6) is 0 Å². The Labute approximate surface area is 173 Å². The third kappa shape index (κ3) is 5.89. The number of hydrogen-bond donors (Lipinski definition) is 2. The number of aromatic nitrogens is 2. The predicted octanol–water partition coefficient (Wildman–Crippen LogP) is 4.29. The number of aryl methyl sites for hydroxylation is 1. The number of halogens is 1. The molecule has 0 spiro atoms. The summed E-state index contributed by atoms with van der Waals surface area (Å²) in [6, 6.07) is 14.2. The van der Waals surface area contributed by atoms with Crippen molar-refractivity contribution < 1.29 is 18.8 Å². The molecule has 0 bridgehead atoms.